The Hall–Kier alpha value is -8.25. The maximum atomic E-state index is 14.9. The fourth-order valence-electron chi connectivity index (χ4n) is 10.3. The summed E-state index contributed by atoms with van der Waals surface area (Å²) in [4.78, 5) is 141. The fraction of sp³-hybridized carbons (Fsp3) is 0.537. The van der Waals surface area contributed by atoms with E-state index < -0.39 is 95.6 Å². The van der Waals surface area contributed by atoms with Crippen molar-refractivity contribution in [1.82, 2.24) is 52.0 Å². The number of hydrogen-bond donors (Lipinski definition) is 12. The first kappa shape index (κ1) is 60.0. The number of carbonyl (C=O) groups is 9. The number of aromatic nitrogens is 1. The van der Waals surface area contributed by atoms with Crippen molar-refractivity contribution >= 4 is 76.0 Å². The van der Waals surface area contributed by atoms with Crippen LogP contribution >= 0.6 is 0 Å². The average molecular weight is 1100 g/mol. The summed E-state index contributed by atoms with van der Waals surface area (Å²) in [6.45, 7) is 3.75. The number of rotatable bonds is 17. The Morgan fingerprint density at radius 1 is 0.671 bits per heavy atom. The van der Waals surface area contributed by atoms with Gasteiger partial charge in [-0.15, -0.1) is 0 Å². The van der Waals surface area contributed by atoms with E-state index in [-0.39, 0.29) is 89.1 Å². The Kier molecular flexibility index (Phi) is 22.4. The molecule has 1 aromatic heterocycles. The highest BCUT2D eigenvalue weighted by Gasteiger charge is 2.41. The molecule has 25 nitrogen and oxygen atoms in total. The SMILES string of the molecule is CC(=O)N[C@@H](CCCN=C(N)N)C(=O)N[C@@H](Cc1c[nH]c2ccccc12)C(=O)N[C@H]1CCCCCNC(=O)[C@@H]2CCCN2C(=O)[C@H](CCCN=C(N)N)NC(=O)[C@H](C)NC(=O)[C@@H]2CCCN2C(=O)[C@H](Cc2ccccc2)NC1=O. The lowest BCUT2D eigenvalue weighted by Crippen LogP contribution is -2.60. The van der Waals surface area contributed by atoms with Gasteiger partial charge in [-0.3, -0.25) is 53.1 Å². The zero-order valence-electron chi connectivity index (χ0n) is 45.1. The van der Waals surface area contributed by atoms with Crippen molar-refractivity contribution in [2.45, 2.75) is 152 Å². The molecule has 25 heteroatoms. The minimum atomic E-state index is -1.29. The quantitative estimate of drug-likeness (QED) is 0.0425. The number of aromatic amines is 1. The van der Waals surface area contributed by atoms with E-state index in [1.54, 1.807) is 30.5 Å². The minimum Gasteiger partial charge on any atom is -0.370 e. The van der Waals surface area contributed by atoms with Crippen LogP contribution in [-0.4, -0.2) is 161 Å². The van der Waals surface area contributed by atoms with Crippen LogP contribution in [0.3, 0.4) is 0 Å². The zero-order chi connectivity index (χ0) is 57.0. The number of benzene rings is 2. The van der Waals surface area contributed by atoms with E-state index in [2.05, 4.69) is 52.2 Å². The molecule has 2 aromatic carbocycles. The lowest BCUT2D eigenvalue weighted by atomic mass is 10.0. The highest BCUT2D eigenvalue weighted by atomic mass is 16.2. The Morgan fingerprint density at radius 2 is 1.30 bits per heavy atom. The van der Waals surface area contributed by atoms with Gasteiger partial charge in [-0.25, -0.2) is 0 Å². The second-order valence-electron chi connectivity index (χ2n) is 20.4. The first-order valence-corrected chi connectivity index (χ1v) is 27.3. The van der Waals surface area contributed by atoms with Gasteiger partial charge in [-0.1, -0.05) is 61.4 Å². The molecule has 16 N–H and O–H groups in total. The number of guanidine groups is 2. The Morgan fingerprint density at radius 3 is 1.99 bits per heavy atom. The molecule has 3 aliphatic heterocycles. The van der Waals surface area contributed by atoms with Crippen molar-refractivity contribution in [2.75, 3.05) is 32.7 Å². The van der Waals surface area contributed by atoms with Gasteiger partial charge in [0.1, 0.15) is 48.3 Å². The van der Waals surface area contributed by atoms with Gasteiger partial charge in [-0.05, 0) is 88.3 Å². The molecule has 0 radical (unpaired) electrons. The second kappa shape index (κ2) is 29.5. The molecule has 3 saturated heterocycles. The summed E-state index contributed by atoms with van der Waals surface area (Å²) >= 11 is 0. The molecular formula is C54H78N16O9. The number of para-hydroxylation sites is 1. The van der Waals surface area contributed by atoms with Crippen LogP contribution in [0.1, 0.15) is 102 Å². The molecule has 428 valence electrons. The van der Waals surface area contributed by atoms with E-state index in [9.17, 15) is 43.2 Å². The topological polar surface area (TPSA) is 389 Å². The zero-order valence-corrected chi connectivity index (χ0v) is 45.1. The first-order chi connectivity index (χ1) is 37.9. The van der Waals surface area contributed by atoms with E-state index in [0.29, 0.717) is 62.5 Å². The minimum absolute atomic E-state index is 0.0129. The molecule has 8 atom stereocenters. The van der Waals surface area contributed by atoms with Crippen LogP contribution in [0.2, 0.25) is 0 Å². The number of carbonyl (C=O) groups excluding carboxylic acids is 9. The van der Waals surface area contributed by atoms with Gasteiger partial charge in [0.05, 0.1) is 0 Å². The summed E-state index contributed by atoms with van der Waals surface area (Å²) in [6.07, 6.45) is 5.57. The summed E-state index contributed by atoms with van der Waals surface area (Å²) in [5, 5.41) is 20.6. The third-order valence-electron chi connectivity index (χ3n) is 14.4. The van der Waals surface area contributed by atoms with Gasteiger partial charge in [0.25, 0.3) is 0 Å². The lowest BCUT2D eigenvalue weighted by Gasteiger charge is -2.31. The number of H-pyrrole nitrogens is 1. The summed E-state index contributed by atoms with van der Waals surface area (Å²) in [5.41, 5.74) is 24.2. The Bertz CT molecular complexity index is 2690. The lowest BCUT2D eigenvalue weighted by molar-refractivity contribution is -0.143. The molecule has 0 aliphatic carbocycles. The van der Waals surface area contributed by atoms with Crippen molar-refractivity contribution in [3.63, 3.8) is 0 Å². The van der Waals surface area contributed by atoms with Crippen molar-refractivity contribution in [1.29, 1.82) is 0 Å². The fourth-order valence-corrected chi connectivity index (χ4v) is 10.3. The molecule has 9 amide bonds. The van der Waals surface area contributed by atoms with Gasteiger partial charge in [0.15, 0.2) is 11.9 Å². The van der Waals surface area contributed by atoms with E-state index in [4.69, 9.17) is 22.9 Å². The maximum Gasteiger partial charge on any atom is 0.246 e. The maximum absolute atomic E-state index is 14.9. The summed E-state index contributed by atoms with van der Waals surface area (Å²) in [6, 6.07) is 7.44. The summed E-state index contributed by atoms with van der Waals surface area (Å²) < 4.78 is 0. The van der Waals surface area contributed by atoms with Crippen LogP contribution in [0.4, 0.5) is 0 Å². The molecule has 6 rings (SSSR count). The van der Waals surface area contributed by atoms with E-state index in [1.807, 2.05) is 30.3 Å². The number of nitrogens with zero attached hydrogens (tertiary/aromatic N) is 4. The number of amides is 9. The van der Waals surface area contributed by atoms with E-state index in [0.717, 1.165) is 10.9 Å². The highest BCUT2D eigenvalue weighted by Crippen LogP contribution is 2.24. The molecule has 79 heavy (non-hydrogen) atoms. The van der Waals surface area contributed by atoms with Crippen LogP contribution in [0.15, 0.2) is 70.8 Å². The van der Waals surface area contributed by atoms with Crippen molar-refractivity contribution in [2.24, 2.45) is 32.9 Å². The number of aliphatic imine (C=N–C) groups is 2. The van der Waals surface area contributed by atoms with Crippen LogP contribution in [-0.2, 0) is 56.0 Å². The predicted molar refractivity (Wildman–Crippen MR) is 296 cm³/mol. The van der Waals surface area contributed by atoms with Gasteiger partial charge in [0.2, 0.25) is 53.2 Å². The summed E-state index contributed by atoms with van der Waals surface area (Å²) in [7, 11) is 0. The monoisotopic (exact) mass is 1090 g/mol. The van der Waals surface area contributed by atoms with Crippen molar-refractivity contribution in [3.05, 3.63) is 71.9 Å². The van der Waals surface area contributed by atoms with Crippen LogP contribution in [0.5, 0.6) is 0 Å². The smallest absolute Gasteiger partial charge is 0.246 e. The van der Waals surface area contributed by atoms with Crippen LogP contribution in [0.25, 0.3) is 10.9 Å². The molecule has 3 aromatic rings. The summed E-state index contributed by atoms with van der Waals surface area (Å²) in [5.74, 6) is -5.53. The first-order valence-electron chi connectivity index (χ1n) is 27.3. The number of nitrogens with one attached hydrogen (secondary N) is 8. The normalized spacial score (nSPS) is 22.7. The van der Waals surface area contributed by atoms with Gasteiger partial charge in [0, 0.05) is 69.6 Å². The molecule has 3 aliphatic rings. The van der Waals surface area contributed by atoms with Gasteiger partial charge in [-0.2, -0.15) is 0 Å². The second-order valence-corrected chi connectivity index (χ2v) is 20.4. The molecular weight excluding hydrogens is 1020 g/mol. The Labute approximate surface area is 459 Å². The van der Waals surface area contributed by atoms with E-state index >= 15 is 0 Å². The third kappa shape index (κ3) is 17.6. The number of nitrogens with two attached hydrogens (primary N) is 4. The molecule has 0 bridgehead atoms. The number of fused-ring (bicyclic) bond motifs is 3. The molecule has 4 heterocycles. The van der Waals surface area contributed by atoms with Crippen molar-refractivity contribution < 1.29 is 43.2 Å². The third-order valence-corrected chi connectivity index (χ3v) is 14.4. The molecule has 0 unspecified atom stereocenters. The average Bonchev–Trinajstić information content (AvgIpc) is 4.23. The predicted octanol–water partition coefficient (Wildman–Crippen LogP) is -1.32. The Balaban J connectivity index is 1.30. The van der Waals surface area contributed by atoms with Gasteiger partial charge < -0.3 is 74.9 Å². The standard InChI is InChI=1S/C54H78N16O9/c1-32-45(72)66-40(21-12-26-61-54(57)58)51(78)69-27-13-22-43(69)49(76)59-24-10-4-7-19-39(47(74)68-42(29-34-15-5-3-6-16-34)52(79)70-28-14-23-44(70)50(77)63-32)65-48(75)41(30-35-31-62-37-18-9-8-17-36(35)37)67-46(73)38(64-33(2)71)20-11-25-60-53(55)56/h3,5-6,8-9,15-18,31-32,38-44,62H,4,7,10-14,19-30H2,1-2H3,(H,59,76)(H,63,77)(H,64,71)(H,65,75)(H,66,72)(H,67,73)(H,68,74)(H4,55,56,60)(H4,57,58,61)/t32-,38-,39-,40-,41-,42-,43-,44-/m0/s1. The van der Waals surface area contributed by atoms with Gasteiger partial charge >= 0.3 is 0 Å². The molecule has 3 fully saturated rings. The highest BCUT2D eigenvalue weighted by molar-refractivity contribution is 5.99. The van der Waals surface area contributed by atoms with Crippen LogP contribution in [0, 0.1) is 0 Å². The van der Waals surface area contributed by atoms with Crippen LogP contribution < -0.4 is 60.2 Å². The largest absolute Gasteiger partial charge is 0.370 e. The molecule has 0 spiro atoms. The molecule has 0 saturated carbocycles. The number of hydrogen-bond acceptors (Lipinski definition) is 11. The van der Waals surface area contributed by atoms with E-state index in [1.165, 1.54) is 23.6 Å². The van der Waals surface area contributed by atoms with Crippen molar-refractivity contribution in [3.8, 4) is 0 Å².